The van der Waals surface area contributed by atoms with Crippen molar-refractivity contribution >= 4 is 11.0 Å². The number of rotatable bonds is 4. The predicted molar refractivity (Wildman–Crippen MR) is 72.9 cm³/mol. The van der Waals surface area contributed by atoms with Gasteiger partial charge in [0.1, 0.15) is 11.3 Å². The number of benzene rings is 1. The van der Waals surface area contributed by atoms with Crippen LogP contribution >= 0.6 is 0 Å². The molecule has 1 saturated heterocycles. The van der Waals surface area contributed by atoms with Crippen LogP contribution in [0.5, 0.6) is 0 Å². The van der Waals surface area contributed by atoms with E-state index in [0.29, 0.717) is 39.1 Å². The van der Waals surface area contributed by atoms with E-state index < -0.39 is 5.60 Å². The molecule has 0 unspecified atom stereocenters. The van der Waals surface area contributed by atoms with Crippen LogP contribution in [0.1, 0.15) is 18.6 Å². The summed E-state index contributed by atoms with van der Waals surface area (Å²) in [6.07, 6.45) is 1.39. The van der Waals surface area contributed by atoms with Crippen molar-refractivity contribution in [1.82, 2.24) is 5.32 Å². The van der Waals surface area contributed by atoms with Gasteiger partial charge in [0.2, 0.25) is 0 Å². The fourth-order valence-corrected chi connectivity index (χ4v) is 2.47. The molecule has 0 aliphatic carbocycles. The van der Waals surface area contributed by atoms with Gasteiger partial charge in [-0.05, 0) is 12.1 Å². The van der Waals surface area contributed by atoms with Crippen molar-refractivity contribution in [2.45, 2.75) is 25.0 Å². The Balaban J connectivity index is 1.57. The molecule has 1 aromatic carbocycles. The minimum atomic E-state index is -0.635. The Hall–Kier alpha value is -1.36. The molecule has 0 spiro atoms. The Bertz CT molecular complexity index is 510. The molecule has 1 fully saturated rings. The number of hydrogen-bond acceptors (Lipinski definition) is 4. The van der Waals surface area contributed by atoms with Crippen molar-refractivity contribution < 1.29 is 14.3 Å². The summed E-state index contributed by atoms with van der Waals surface area (Å²) in [5.74, 6) is 0.900. The third-order valence-corrected chi connectivity index (χ3v) is 3.65. The summed E-state index contributed by atoms with van der Waals surface area (Å²) in [6.45, 7) is 2.50. The minimum absolute atomic E-state index is 0.577. The van der Waals surface area contributed by atoms with Gasteiger partial charge in [-0.25, -0.2) is 0 Å². The highest BCUT2D eigenvalue weighted by Gasteiger charge is 2.29. The van der Waals surface area contributed by atoms with E-state index in [-0.39, 0.29) is 0 Å². The van der Waals surface area contributed by atoms with Crippen molar-refractivity contribution in [3.63, 3.8) is 0 Å². The highest BCUT2D eigenvalue weighted by Crippen LogP contribution is 2.21. The van der Waals surface area contributed by atoms with Crippen LogP contribution in [0, 0.1) is 0 Å². The maximum absolute atomic E-state index is 10.3. The van der Waals surface area contributed by atoms with Gasteiger partial charge in [0.05, 0.1) is 12.1 Å². The summed E-state index contributed by atoms with van der Waals surface area (Å²) in [5.41, 5.74) is 0.272. The van der Waals surface area contributed by atoms with Gasteiger partial charge < -0.3 is 19.6 Å². The van der Waals surface area contributed by atoms with Crippen LogP contribution in [0.4, 0.5) is 0 Å². The van der Waals surface area contributed by atoms with Gasteiger partial charge in [-0.2, -0.15) is 0 Å². The summed E-state index contributed by atoms with van der Waals surface area (Å²) < 4.78 is 11.0. The monoisotopic (exact) mass is 261 g/mol. The van der Waals surface area contributed by atoms with Crippen molar-refractivity contribution in [2.75, 3.05) is 19.8 Å². The van der Waals surface area contributed by atoms with E-state index in [9.17, 15) is 5.11 Å². The highest BCUT2D eigenvalue weighted by atomic mass is 16.5. The molecule has 19 heavy (non-hydrogen) atoms. The molecule has 2 N–H and O–H groups in total. The van der Waals surface area contributed by atoms with E-state index in [4.69, 9.17) is 9.15 Å². The smallest absolute Gasteiger partial charge is 0.134 e. The molecule has 2 heterocycles. The average molecular weight is 261 g/mol. The molecule has 4 heteroatoms. The number of nitrogens with one attached hydrogen (secondary N) is 1. The lowest BCUT2D eigenvalue weighted by Crippen LogP contribution is -2.44. The first-order chi connectivity index (χ1) is 9.25. The molecule has 1 aliphatic rings. The van der Waals surface area contributed by atoms with Gasteiger partial charge in [-0.3, -0.25) is 0 Å². The van der Waals surface area contributed by atoms with Gasteiger partial charge in [0, 0.05) is 38.0 Å². The molecule has 1 aliphatic heterocycles. The fourth-order valence-electron chi connectivity index (χ4n) is 2.47. The lowest BCUT2D eigenvalue weighted by Gasteiger charge is -2.32. The number of ether oxygens (including phenoxy) is 1. The molecule has 0 saturated carbocycles. The van der Waals surface area contributed by atoms with Gasteiger partial charge in [-0.1, -0.05) is 18.2 Å². The SMILES string of the molecule is OC1(CNCc2cc3ccccc3o2)CCOCC1. The van der Waals surface area contributed by atoms with E-state index in [0.717, 1.165) is 16.7 Å². The zero-order valence-electron chi connectivity index (χ0n) is 10.9. The molecule has 0 radical (unpaired) electrons. The van der Waals surface area contributed by atoms with E-state index in [2.05, 4.69) is 5.32 Å². The molecule has 2 aromatic rings. The Morgan fingerprint density at radius 2 is 2.00 bits per heavy atom. The molecule has 0 amide bonds. The number of para-hydroxylation sites is 1. The zero-order valence-corrected chi connectivity index (χ0v) is 10.9. The second-order valence-electron chi connectivity index (χ2n) is 5.19. The molecule has 102 valence electrons. The predicted octanol–water partition coefficient (Wildman–Crippen LogP) is 2.06. The van der Waals surface area contributed by atoms with Crippen molar-refractivity contribution in [3.8, 4) is 0 Å². The Morgan fingerprint density at radius 1 is 1.21 bits per heavy atom. The number of aliphatic hydroxyl groups is 1. The standard InChI is InChI=1S/C15H19NO3/c17-15(5-7-18-8-6-15)11-16-10-13-9-12-3-1-2-4-14(12)19-13/h1-4,9,16-17H,5-8,10-11H2. The van der Waals surface area contributed by atoms with Crippen LogP contribution in [0.25, 0.3) is 11.0 Å². The van der Waals surface area contributed by atoms with Crippen LogP contribution in [-0.4, -0.2) is 30.5 Å². The Labute approximate surface area is 112 Å². The summed E-state index contributed by atoms with van der Waals surface area (Å²) in [6, 6.07) is 10.0. The topological polar surface area (TPSA) is 54.6 Å². The van der Waals surface area contributed by atoms with Gasteiger partial charge in [0.25, 0.3) is 0 Å². The first-order valence-corrected chi connectivity index (χ1v) is 6.74. The average Bonchev–Trinajstić information content (AvgIpc) is 2.82. The van der Waals surface area contributed by atoms with E-state index in [1.807, 2.05) is 30.3 Å². The second kappa shape index (κ2) is 5.33. The highest BCUT2D eigenvalue weighted by molar-refractivity contribution is 5.77. The first-order valence-electron chi connectivity index (χ1n) is 6.74. The lowest BCUT2D eigenvalue weighted by molar-refractivity contribution is -0.0618. The Morgan fingerprint density at radius 3 is 2.79 bits per heavy atom. The molecular weight excluding hydrogens is 242 g/mol. The summed E-state index contributed by atoms with van der Waals surface area (Å²) in [5, 5.41) is 14.7. The molecular formula is C15H19NO3. The number of hydrogen-bond donors (Lipinski definition) is 2. The minimum Gasteiger partial charge on any atom is -0.460 e. The summed E-state index contributed by atoms with van der Waals surface area (Å²) in [4.78, 5) is 0. The Kier molecular flexibility index (Phi) is 3.55. The molecule has 1 aromatic heterocycles. The third kappa shape index (κ3) is 2.97. The maximum atomic E-state index is 10.3. The van der Waals surface area contributed by atoms with Gasteiger partial charge in [0.15, 0.2) is 0 Å². The zero-order chi connectivity index (χ0) is 13.1. The largest absolute Gasteiger partial charge is 0.460 e. The second-order valence-corrected chi connectivity index (χ2v) is 5.19. The summed E-state index contributed by atoms with van der Waals surface area (Å²) >= 11 is 0. The van der Waals surface area contributed by atoms with Crippen molar-refractivity contribution in [3.05, 3.63) is 36.1 Å². The number of furan rings is 1. The summed E-state index contributed by atoms with van der Waals surface area (Å²) in [7, 11) is 0. The molecule has 0 atom stereocenters. The molecule has 4 nitrogen and oxygen atoms in total. The normalized spacial score (nSPS) is 18.8. The van der Waals surface area contributed by atoms with Gasteiger partial charge in [-0.15, -0.1) is 0 Å². The third-order valence-electron chi connectivity index (χ3n) is 3.65. The van der Waals surface area contributed by atoms with Gasteiger partial charge >= 0.3 is 0 Å². The lowest BCUT2D eigenvalue weighted by atomic mass is 9.94. The molecule has 3 rings (SSSR count). The van der Waals surface area contributed by atoms with Crippen molar-refractivity contribution in [2.24, 2.45) is 0 Å². The van der Waals surface area contributed by atoms with Crippen molar-refractivity contribution in [1.29, 1.82) is 0 Å². The van der Waals surface area contributed by atoms with E-state index in [1.54, 1.807) is 0 Å². The van der Waals surface area contributed by atoms with Crippen LogP contribution in [0.3, 0.4) is 0 Å². The first kappa shape index (κ1) is 12.7. The van der Waals surface area contributed by atoms with E-state index >= 15 is 0 Å². The fraction of sp³-hybridized carbons (Fsp3) is 0.467. The van der Waals surface area contributed by atoms with Crippen LogP contribution in [0.2, 0.25) is 0 Å². The van der Waals surface area contributed by atoms with Crippen LogP contribution in [0.15, 0.2) is 34.7 Å². The van der Waals surface area contributed by atoms with E-state index in [1.165, 1.54) is 0 Å². The quantitative estimate of drug-likeness (QED) is 0.884. The number of fused-ring (bicyclic) bond motifs is 1. The molecule has 0 bridgehead atoms. The van der Waals surface area contributed by atoms with Crippen LogP contribution < -0.4 is 5.32 Å². The van der Waals surface area contributed by atoms with Crippen LogP contribution in [-0.2, 0) is 11.3 Å². The maximum Gasteiger partial charge on any atom is 0.134 e.